The Hall–Kier alpha value is -3.30. The number of rotatable bonds is 6. The topological polar surface area (TPSA) is 99.7 Å². The van der Waals surface area contributed by atoms with Crippen molar-refractivity contribution in [1.82, 2.24) is 5.32 Å². The van der Waals surface area contributed by atoms with E-state index in [0.717, 1.165) is 18.2 Å². The van der Waals surface area contributed by atoms with Crippen molar-refractivity contribution in [1.29, 1.82) is 0 Å². The van der Waals surface area contributed by atoms with Crippen LogP contribution in [-0.2, 0) is 9.53 Å². The first-order valence-corrected chi connectivity index (χ1v) is 9.26. The van der Waals surface area contributed by atoms with Crippen LogP contribution < -0.4 is 16.0 Å². The zero-order chi connectivity index (χ0) is 21.5. The van der Waals surface area contributed by atoms with Gasteiger partial charge in [-0.25, -0.2) is 13.6 Å². The minimum absolute atomic E-state index is 0.0231. The van der Waals surface area contributed by atoms with Gasteiger partial charge >= 0.3 is 6.03 Å². The number of halogens is 2. The van der Waals surface area contributed by atoms with Gasteiger partial charge in [0, 0.05) is 11.8 Å². The van der Waals surface area contributed by atoms with Crippen LogP contribution in [0.3, 0.4) is 0 Å². The van der Waals surface area contributed by atoms with Gasteiger partial charge in [-0.05, 0) is 24.3 Å². The van der Waals surface area contributed by atoms with Gasteiger partial charge in [0.1, 0.15) is 17.7 Å². The second-order valence-corrected chi connectivity index (χ2v) is 6.65. The summed E-state index contributed by atoms with van der Waals surface area (Å²) in [6.45, 7) is -0.416. The first kappa shape index (κ1) is 21.4. The van der Waals surface area contributed by atoms with E-state index in [1.54, 1.807) is 36.4 Å². The Kier molecular flexibility index (Phi) is 7.10. The summed E-state index contributed by atoms with van der Waals surface area (Å²) >= 11 is 0. The van der Waals surface area contributed by atoms with Crippen LogP contribution >= 0.6 is 0 Å². The number of carbonyl (C=O) groups is 2. The molecule has 3 amide bonds. The minimum atomic E-state index is -0.812. The summed E-state index contributed by atoms with van der Waals surface area (Å²) < 4.78 is 32.6. The average molecular weight is 417 g/mol. The number of ether oxygens (including phenoxy) is 1. The second-order valence-electron chi connectivity index (χ2n) is 6.65. The molecule has 9 heteroatoms. The highest BCUT2D eigenvalue weighted by Crippen LogP contribution is 2.18. The van der Waals surface area contributed by atoms with E-state index in [2.05, 4.69) is 16.0 Å². The quantitative estimate of drug-likeness (QED) is 0.543. The third-order valence-electron chi connectivity index (χ3n) is 4.38. The van der Waals surface area contributed by atoms with Crippen molar-refractivity contribution in [3.05, 3.63) is 72.3 Å². The fourth-order valence-corrected chi connectivity index (χ4v) is 2.96. The highest BCUT2D eigenvalue weighted by molar-refractivity contribution is 5.91. The molecule has 0 saturated carbocycles. The molecular formula is C21H21F2N3O4. The molecule has 2 aromatic rings. The SMILES string of the molecule is O=C(C[C@H]1C=C[C@@H](NC(=O)Nc2cc(F)ccc2F)[C@@H](CO)O1)Nc1ccccc1. The van der Waals surface area contributed by atoms with E-state index < -0.39 is 42.5 Å². The van der Waals surface area contributed by atoms with Gasteiger partial charge in [-0.15, -0.1) is 0 Å². The summed E-state index contributed by atoms with van der Waals surface area (Å²) in [5, 5.41) is 17.1. The lowest BCUT2D eigenvalue weighted by atomic mass is 10.0. The van der Waals surface area contributed by atoms with Crippen LogP contribution in [0.1, 0.15) is 6.42 Å². The molecule has 1 aliphatic rings. The number of carbonyl (C=O) groups excluding carboxylic acids is 2. The molecule has 1 heterocycles. The van der Waals surface area contributed by atoms with Crippen molar-refractivity contribution < 1.29 is 28.2 Å². The van der Waals surface area contributed by atoms with Crippen molar-refractivity contribution in [2.75, 3.05) is 17.2 Å². The van der Waals surface area contributed by atoms with Gasteiger partial charge in [-0.2, -0.15) is 0 Å². The van der Waals surface area contributed by atoms with E-state index in [4.69, 9.17) is 4.74 Å². The molecule has 0 aromatic heterocycles. The van der Waals surface area contributed by atoms with Crippen molar-refractivity contribution in [2.45, 2.75) is 24.7 Å². The molecule has 0 fully saturated rings. The van der Waals surface area contributed by atoms with Gasteiger partial charge in [0.05, 0.1) is 30.9 Å². The monoisotopic (exact) mass is 417 g/mol. The number of urea groups is 1. The smallest absolute Gasteiger partial charge is 0.319 e. The van der Waals surface area contributed by atoms with Crippen LogP contribution in [-0.4, -0.2) is 41.9 Å². The van der Waals surface area contributed by atoms with Gasteiger partial charge in [0.25, 0.3) is 0 Å². The molecular weight excluding hydrogens is 396 g/mol. The number of amides is 3. The molecule has 7 nitrogen and oxygen atoms in total. The molecule has 0 aliphatic carbocycles. The third-order valence-corrected chi connectivity index (χ3v) is 4.38. The van der Waals surface area contributed by atoms with Crippen molar-refractivity contribution in [3.63, 3.8) is 0 Å². The summed E-state index contributed by atoms with van der Waals surface area (Å²) in [7, 11) is 0. The number of hydrogen-bond donors (Lipinski definition) is 4. The summed E-state index contributed by atoms with van der Waals surface area (Å²) in [5.41, 5.74) is 0.339. The first-order chi connectivity index (χ1) is 14.4. The molecule has 2 aromatic carbocycles. The molecule has 158 valence electrons. The predicted octanol–water partition coefficient (Wildman–Crippen LogP) is 2.80. The summed E-state index contributed by atoms with van der Waals surface area (Å²) in [5.74, 6) is -1.75. The molecule has 4 N–H and O–H groups in total. The van der Waals surface area contributed by atoms with Crippen LogP contribution in [0.2, 0.25) is 0 Å². The van der Waals surface area contributed by atoms with Crippen LogP contribution in [0.4, 0.5) is 25.0 Å². The zero-order valence-corrected chi connectivity index (χ0v) is 15.8. The first-order valence-electron chi connectivity index (χ1n) is 9.26. The number of aliphatic hydroxyl groups excluding tert-OH is 1. The lowest BCUT2D eigenvalue weighted by molar-refractivity contribution is -0.120. The van der Waals surface area contributed by atoms with Crippen molar-refractivity contribution in [3.8, 4) is 0 Å². The molecule has 0 unspecified atom stereocenters. The standard InChI is InChI=1S/C21H21F2N3O4/c22-13-6-8-16(23)18(10-13)26-21(29)25-17-9-7-15(30-19(17)12-27)11-20(28)24-14-4-2-1-3-5-14/h1-10,15,17,19,27H,11-12H2,(H,24,28)(H2,25,26,29)/t15-,17-,19-/m1/s1. The van der Waals surface area contributed by atoms with Gasteiger partial charge < -0.3 is 25.8 Å². The van der Waals surface area contributed by atoms with Crippen LogP contribution in [0.5, 0.6) is 0 Å². The van der Waals surface area contributed by atoms with E-state index in [0.29, 0.717) is 5.69 Å². The van der Waals surface area contributed by atoms with Crippen molar-refractivity contribution in [2.24, 2.45) is 0 Å². The summed E-state index contributed by atoms with van der Waals surface area (Å²) in [6, 6.07) is 10.1. The largest absolute Gasteiger partial charge is 0.394 e. The molecule has 0 bridgehead atoms. The third kappa shape index (κ3) is 5.85. The van der Waals surface area contributed by atoms with Crippen LogP contribution in [0.15, 0.2) is 60.7 Å². The Bertz CT molecular complexity index is 924. The molecule has 3 atom stereocenters. The molecule has 0 saturated heterocycles. The zero-order valence-electron chi connectivity index (χ0n) is 15.8. The normalized spacial score (nSPS) is 20.4. The maximum absolute atomic E-state index is 13.7. The minimum Gasteiger partial charge on any atom is -0.394 e. The maximum atomic E-state index is 13.7. The average Bonchev–Trinajstić information content (AvgIpc) is 2.72. The molecule has 0 spiro atoms. The highest BCUT2D eigenvalue weighted by Gasteiger charge is 2.29. The number of nitrogens with one attached hydrogen (secondary N) is 3. The Balaban J connectivity index is 1.56. The number of anilines is 2. The van der Waals surface area contributed by atoms with Gasteiger partial charge in [0.2, 0.25) is 5.91 Å². The predicted molar refractivity (Wildman–Crippen MR) is 107 cm³/mol. The fraction of sp³-hybridized carbons (Fsp3) is 0.238. The number of aliphatic hydroxyl groups is 1. The highest BCUT2D eigenvalue weighted by atomic mass is 19.1. The lowest BCUT2D eigenvalue weighted by Crippen LogP contribution is -2.50. The van der Waals surface area contributed by atoms with E-state index in [1.165, 1.54) is 0 Å². The van der Waals surface area contributed by atoms with Crippen molar-refractivity contribution >= 4 is 23.3 Å². The van der Waals surface area contributed by atoms with E-state index in [-0.39, 0.29) is 18.0 Å². The molecule has 1 aliphatic heterocycles. The molecule has 0 radical (unpaired) electrons. The molecule has 30 heavy (non-hydrogen) atoms. The van der Waals surface area contributed by atoms with Gasteiger partial charge in [-0.3, -0.25) is 4.79 Å². The summed E-state index contributed by atoms with van der Waals surface area (Å²) in [4.78, 5) is 24.3. The lowest BCUT2D eigenvalue weighted by Gasteiger charge is -2.31. The molecule has 3 rings (SSSR count). The second kappa shape index (κ2) is 9.95. The van der Waals surface area contributed by atoms with E-state index in [1.807, 2.05) is 6.07 Å². The number of benzene rings is 2. The Morgan fingerprint density at radius 1 is 1.03 bits per heavy atom. The number of para-hydroxylation sites is 1. The van der Waals surface area contributed by atoms with E-state index in [9.17, 15) is 23.5 Å². The van der Waals surface area contributed by atoms with Gasteiger partial charge in [0.15, 0.2) is 0 Å². The Morgan fingerprint density at radius 3 is 2.53 bits per heavy atom. The van der Waals surface area contributed by atoms with Crippen LogP contribution in [0, 0.1) is 11.6 Å². The van der Waals surface area contributed by atoms with Gasteiger partial charge in [-0.1, -0.05) is 30.4 Å². The van der Waals surface area contributed by atoms with E-state index >= 15 is 0 Å². The summed E-state index contributed by atoms with van der Waals surface area (Å²) in [6.07, 6.45) is 1.81. The number of hydrogen-bond acceptors (Lipinski definition) is 4. The Labute approximate surface area is 171 Å². The fourth-order valence-electron chi connectivity index (χ4n) is 2.96. The van der Waals surface area contributed by atoms with Crippen LogP contribution in [0.25, 0.3) is 0 Å². The maximum Gasteiger partial charge on any atom is 0.319 e. The Morgan fingerprint density at radius 2 is 1.80 bits per heavy atom.